The summed E-state index contributed by atoms with van der Waals surface area (Å²) in [5.74, 6) is 0. The molecule has 0 aliphatic carbocycles. The molecule has 2 rings (SSSR count). The molecular formula is C17H21NO4S. The van der Waals surface area contributed by atoms with E-state index >= 15 is 0 Å². The maximum atomic E-state index is 11.6. The lowest BCUT2D eigenvalue weighted by Crippen LogP contribution is -2.35. The fraction of sp³-hybridized carbons (Fsp3) is 0.353. The SMILES string of the molecule is CCc1ccc(C(O)C(O)CNC(=O)OCc2ccccc2)s1. The van der Waals surface area contributed by atoms with Crippen molar-refractivity contribution in [2.75, 3.05) is 6.54 Å². The first-order valence-corrected chi connectivity index (χ1v) is 8.31. The van der Waals surface area contributed by atoms with E-state index in [-0.39, 0.29) is 13.2 Å². The van der Waals surface area contributed by atoms with Crippen LogP contribution >= 0.6 is 11.3 Å². The van der Waals surface area contributed by atoms with Gasteiger partial charge in [-0.25, -0.2) is 4.79 Å². The van der Waals surface area contributed by atoms with E-state index in [0.717, 1.165) is 16.9 Å². The molecular weight excluding hydrogens is 314 g/mol. The van der Waals surface area contributed by atoms with Gasteiger partial charge in [0.25, 0.3) is 0 Å². The van der Waals surface area contributed by atoms with Gasteiger partial charge in [-0.3, -0.25) is 0 Å². The monoisotopic (exact) mass is 335 g/mol. The molecule has 6 heteroatoms. The summed E-state index contributed by atoms with van der Waals surface area (Å²) in [6.45, 7) is 2.12. The van der Waals surface area contributed by atoms with Crippen molar-refractivity contribution in [1.82, 2.24) is 5.32 Å². The van der Waals surface area contributed by atoms with Crippen LogP contribution in [0, 0.1) is 0 Å². The average molecular weight is 335 g/mol. The van der Waals surface area contributed by atoms with Crippen LogP contribution in [0.15, 0.2) is 42.5 Å². The Balaban J connectivity index is 1.74. The van der Waals surface area contributed by atoms with Crippen LogP contribution in [0.4, 0.5) is 4.79 Å². The number of benzene rings is 1. The Morgan fingerprint density at radius 1 is 1.22 bits per heavy atom. The Morgan fingerprint density at radius 3 is 2.61 bits per heavy atom. The van der Waals surface area contributed by atoms with Gasteiger partial charge in [0.15, 0.2) is 0 Å². The number of hydrogen-bond acceptors (Lipinski definition) is 5. The number of ether oxygens (including phenoxy) is 1. The number of aliphatic hydroxyl groups is 2. The first-order valence-electron chi connectivity index (χ1n) is 7.49. The molecule has 5 nitrogen and oxygen atoms in total. The predicted octanol–water partition coefficient (Wildman–Crippen LogP) is 2.63. The third-order valence-electron chi connectivity index (χ3n) is 3.36. The minimum absolute atomic E-state index is 0.0752. The lowest BCUT2D eigenvalue weighted by molar-refractivity contribution is 0.0205. The van der Waals surface area contributed by atoms with Gasteiger partial charge in [-0.05, 0) is 24.1 Å². The van der Waals surface area contributed by atoms with E-state index in [1.54, 1.807) is 6.07 Å². The zero-order valence-electron chi connectivity index (χ0n) is 12.9. The lowest BCUT2D eigenvalue weighted by atomic mass is 10.1. The highest BCUT2D eigenvalue weighted by atomic mass is 32.1. The Kier molecular flexibility index (Phi) is 6.58. The molecule has 2 aromatic rings. The average Bonchev–Trinajstić information content (AvgIpc) is 3.07. The highest BCUT2D eigenvalue weighted by Crippen LogP contribution is 2.25. The van der Waals surface area contributed by atoms with Crippen LogP contribution in [0.1, 0.15) is 28.3 Å². The highest BCUT2D eigenvalue weighted by Gasteiger charge is 2.20. The normalized spacial score (nSPS) is 13.3. The molecule has 1 aromatic carbocycles. The zero-order valence-corrected chi connectivity index (χ0v) is 13.8. The number of carbonyl (C=O) groups excluding carboxylic acids is 1. The van der Waals surface area contributed by atoms with E-state index in [2.05, 4.69) is 5.32 Å². The Bertz CT molecular complexity index is 614. The summed E-state index contributed by atoms with van der Waals surface area (Å²) in [5, 5.41) is 22.5. The van der Waals surface area contributed by atoms with Gasteiger partial charge in [-0.1, -0.05) is 37.3 Å². The molecule has 0 spiro atoms. The summed E-state index contributed by atoms with van der Waals surface area (Å²) in [4.78, 5) is 13.4. The van der Waals surface area contributed by atoms with Crippen LogP contribution in [0.3, 0.4) is 0 Å². The van der Waals surface area contributed by atoms with Gasteiger partial charge in [0.1, 0.15) is 18.8 Å². The van der Waals surface area contributed by atoms with Crippen molar-refractivity contribution in [3.8, 4) is 0 Å². The van der Waals surface area contributed by atoms with Crippen molar-refractivity contribution < 1.29 is 19.7 Å². The second-order valence-corrected chi connectivity index (χ2v) is 6.31. The molecule has 3 N–H and O–H groups in total. The molecule has 0 radical (unpaired) electrons. The fourth-order valence-corrected chi connectivity index (χ4v) is 3.00. The molecule has 0 saturated heterocycles. The summed E-state index contributed by atoms with van der Waals surface area (Å²) < 4.78 is 5.05. The van der Waals surface area contributed by atoms with Crippen LogP contribution in [0.5, 0.6) is 0 Å². The minimum atomic E-state index is -1.08. The quantitative estimate of drug-likeness (QED) is 0.727. The van der Waals surface area contributed by atoms with E-state index in [9.17, 15) is 15.0 Å². The molecule has 1 amide bonds. The summed E-state index contributed by atoms with van der Waals surface area (Å²) in [5.41, 5.74) is 0.883. The van der Waals surface area contributed by atoms with Crippen molar-refractivity contribution in [3.63, 3.8) is 0 Å². The predicted molar refractivity (Wildman–Crippen MR) is 89.3 cm³/mol. The third-order valence-corrected chi connectivity index (χ3v) is 4.66. The Labute approximate surface area is 139 Å². The van der Waals surface area contributed by atoms with Crippen molar-refractivity contribution in [2.24, 2.45) is 0 Å². The van der Waals surface area contributed by atoms with E-state index in [0.29, 0.717) is 4.88 Å². The number of hydrogen-bond donors (Lipinski definition) is 3. The number of aryl methyl sites for hydroxylation is 1. The topological polar surface area (TPSA) is 78.8 Å². The third kappa shape index (κ3) is 5.35. The number of alkyl carbamates (subject to hydrolysis) is 1. The smallest absolute Gasteiger partial charge is 0.407 e. The van der Waals surface area contributed by atoms with Crippen molar-refractivity contribution in [3.05, 3.63) is 57.8 Å². The van der Waals surface area contributed by atoms with Crippen molar-refractivity contribution in [1.29, 1.82) is 0 Å². The van der Waals surface area contributed by atoms with Crippen LogP contribution in [0.25, 0.3) is 0 Å². The highest BCUT2D eigenvalue weighted by molar-refractivity contribution is 7.12. The van der Waals surface area contributed by atoms with Crippen molar-refractivity contribution in [2.45, 2.75) is 32.2 Å². The molecule has 0 bridgehead atoms. The van der Waals surface area contributed by atoms with Crippen molar-refractivity contribution >= 4 is 17.4 Å². The van der Waals surface area contributed by atoms with Crippen LogP contribution < -0.4 is 5.32 Å². The first-order chi connectivity index (χ1) is 11.1. The molecule has 124 valence electrons. The van der Waals surface area contributed by atoms with E-state index in [1.165, 1.54) is 11.3 Å². The van der Waals surface area contributed by atoms with Crippen LogP contribution in [0.2, 0.25) is 0 Å². The number of rotatable bonds is 7. The zero-order chi connectivity index (χ0) is 16.7. The summed E-state index contributed by atoms with van der Waals surface area (Å²) in [7, 11) is 0. The number of amides is 1. The van der Waals surface area contributed by atoms with Gasteiger partial charge < -0.3 is 20.3 Å². The van der Waals surface area contributed by atoms with Gasteiger partial charge in [-0.15, -0.1) is 11.3 Å². The number of carbonyl (C=O) groups is 1. The molecule has 1 aromatic heterocycles. The maximum absolute atomic E-state index is 11.6. The molecule has 2 atom stereocenters. The Morgan fingerprint density at radius 2 is 1.96 bits per heavy atom. The van der Waals surface area contributed by atoms with Gasteiger partial charge in [0.05, 0.1) is 0 Å². The summed E-state index contributed by atoms with van der Waals surface area (Å²) in [6, 6.07) is 13.0. The fourth-order valence-electron chi connectivity index (χ4n) is 2.01. The van der Waals surface area contributed by atoms with Crippen LogP contribution in [-0.4, -0.2) is 29.0 Å². The second kappa shape index (κ2) is 8.67. The molecule has 2 unspecified atom stereocenters. The molecule has 0 saturated carbocycles. The van der Waals surface area contributed by atoms with Gasteiger partial charge in [-0.2, -0.15) is 0 Å². The number of nitrogens with one attached hydrogen (secondary N) is 1. The van der Waals surface area contributed by atoms with Gasteiger partial charge in [0, 0.05) is 16.3 Å². The van der Waals surface area contributed by atoms with Crippen LogP contribution in [-0.2, 0) is 17.8 Å². The van der Waals surface area contributed by atoms with E-state index in [1.807, 2.05) is 43.3 Å². The largest absolute Gasteiger partial charge is 0.445 e. The standard InChI is InChI=1S/C17H21NO4S/c1-2-13-8-9-15(23-13)16(20)14(19)10-18-17(21)22-11-12-6-4-3-5-7-12/h3-9,14,16,19-20H,2,10-11H2,1H3,(H,18,21). The molecule has 0 aliphatic rings. The number of thiophene rings is 1. The lowest BCUT2D eigenvalue weighted by Gasteiger charge is -2.17. The first kappa shape index (κ1) is 17.5. The molecule has 0 fully saturated rings. The molecule has 1 heterocycles. The van der Waals surface area contributed by atoms with Gasteiger partial charge >= 0.3 is 6.09 Å². The minimum Gasteiger partial charge on any atom is -0.445 e. The Hall–Kier alpha value is -1.89. The summed E-state index contributed by atoms with van der Waals surface area (Å²) in [6.07, 6.45) is -1.84. The van der Waals surface area contributed by atoms with E-state index in [4.69, 9.17) is 4.74 Å². The molecule has 0 aliphatic heterocycles. The second-order valence-electron chi connectivity index (χ2n) is 5.11. The molecule has 23 heavy (non-hydrogen) atoms. The summed E-state index contributed by atoms with van der Waals surface area (Å²) >= 11 is 1.46. The van der Waals surface area contributed by atoms with E-state index < -0.39 is 18.3 Å². The maximum Gasteiger partial charge on any atom is 0.407 e. The van der Waals surface area contributed by atoms with Gasteiger partial charge in [0.2, 0.25) is 0 Å². The number of aliphatic hydroxyl groups excluding tert-OH is 2.